The van der Waals surface area contributed by atoms with Crippen LogP contribution in [0.5, 0.6) is 0 Å². The molecule has 2 fully saturated rings. The molecule has 0 aromatic carbocycles. The van der Waals surface area contributed by atoms with Gasteiger partial charge in [0, 0.05) is 58.3 Å². The van der Waals surface area contributed by atoms with Gasteiger partial charge in [0.2, 0.25) is 11.8 Å². The molecule has 0 saturated carbocycles. The topological polar surface area (TPSA) is 69.9 Å². The molecule has 3 rings (SSSR count). The number of rotatable bonds is 4. The molecule has 7 nitrogen and oxygen atoms in total. The third-order valence-electron chi connectivity index (χ3n) is 4.99. The molecule has 24 heavy (non-hydrogen) atoms. The van der Waals surface area contributed by atoms with E-state index in [2.05, 4.69) is 10.1 Å². The van der Waals surface area contributed by atoms with Gasteiger partial charge in [0.1, 0.15) is 6.26 Å². The molecule has 1 atom stereocenters. The average Bonchev–Trinajstić information content (AvgIpc) is 3.14. The van der Waals surface area contributed by atoms with E-state index in [1.807, 2.05) is 22.8 Å². The standard InChI is InChI=1S/C17H26N4O3/c1-2-16(22)21-6-3-4-14(12-21)17(23)20-9-7-19(8-10-20)13-15-5-11-24-18-15/h5,11,14H,2-4,6-10,12-13H2,1H3/t14-/m1/s1. The largest absolute Gasteiger partial charge is 0.364 e. The van der Waals surface area contributed by atoms with E-state index < -0.39 is 0 Å². The number of carbonyl (C=O) groups excluding carboxylic acids is 2. The van der Waals surface area contributed by atoms with Gasteiger partial charge in [0.15, 0.2) is 0 Å². The van der Waals surface area contributed by atoms with Crippen molar-refractivity contribution in [2.24, 2.45) is 5.92 Å². The van der Waals surface area contributed by atoms with Crippen LogP contribution in [0.25, 0.3) is 0 Å². The minimum Gasteiger partial charge on any atom is -0.364 e. The number of piperazine rings is 1. The molecule has 0 aliphatic carbocycles. The fourth-order valence-corrected chi connectivity index (χ4v) is 3.56. The molecule has 2 saturated heterocycles. The molecule has 0 N–H and O–H groups in total. The van der Waals surface area contributed by atoms with Crippen LogP contribution in [0.2, 0.25) is 0 Å². The number of likely N-dealkylation sites (tertiary alicyclic amines) is 1. The van der Waals surface area contributed by atoms with Crippen LogP contribution in [0.15, 0.2) is 16.9 Å². The summed E-state index contributed by atoms with van der Waals surface area (Å²) in [6.45, 7) is 7.21. The SMILES string of the molecule is CCC(=O)N1CCC[C@@H](C(=O)N2CCN(Cc3ccon3)CC2)C1. The van der Waals surface area contributed by atoms with Crippen molar-refractivity contribution in [3.8, 4) is 0 Å². The number of carbonyl (C=O) groups is 2. The summed E-state index contributed by atoms with van der Waals surface area (Å²) in [5.74, 6) is 0.339. The lowest BCUT2D eigenvalue weighted by molar-refractivity contribution is -0.142. The number of amides is 2. The summed E-state index contributed by atoms with van der Waals surface area (Å²) in [6, 6.07) is 1.87. The zero-order valence-electron chi connectivity index (χ0n) is 14.3. The van der Waals surface area contributed by atoms with Gasteiger partial charge in [-0.3, -0.25) is 14.5 Å². The molecule has 1 aromatic heterocycles. The van der Waals surface area contributed by atoms with Crippen molar-refractivity contribution >= 4 is 11.8 Å². The second-order valence-corrected chi connectivity index (χ2v) is 6.62. The second kappa shape index (κ2) is 7.79. The third kappa shape index (κ3) is 3.95. The maximum atomic E-state index is 12.8. The van der Waals surface area contributed by atoms with Crippen molar-refractivity contribution in [3.05, 3.63) is 18.0 Å². The van der Waals surface area contributed by atoms with Crippen molar-refractivity contribution in [2.45, 2.75) is 32.7 Å². The van der Waals surface area contributed by atoms with E-state index in [0.717, 1.165) is 57.8 Å². The Bertz CT molecular complexity index is 552. The van der Waals surface area contributed by atoms with Crippen LogP contribution in [0.3, 0.4) is 0 Å². The number of hydrogen-bond acceptors (Lipinski definition) is 5. The van der Waals surface area contributed by atoms with Gasteiger partial charge in [-0.2, -0.15) is 0 Å². The predicted molar refractivity (Wildman–Crippen MR) is 88.0 cm³/mol. The number of hydrogen-bond donors (Lipinski definition) is 0. The van der Waals surface area contributed by atoms with Crippen LogP contribution in [0, 0.1) is 5.92 Å². The Morgan fingerprint density at radius 3 is 2.67 bits per heavy atom. The lowest BCUT2D eigenvalue weighted by Crippen LogP contribution is -2.52. The van der Waals surface area contributed by atoms with E-state index in [1.165, 1.54) is 0 Å². The molecular weight excluding hydrogens is 308 g/mol. The first-order chi connectivity index (χ1) is 11.7. The Hall–Kier alpha value is -1.89. The highest BCUT2D eigenvalue weighted by Gasteiger charge is 2.32. The Balaban J connectivity index is 1.48. The quantitative estimate of drug-likeness (QED) is 0.820. The van der Waals surface area contributed by atoms with Gasteiger partial charge in [0.25, 0.3) is 0 Å². The van der Waals surface area contributed by atoms with Crippen LogP contribution >= 0.6 is 0 Å². The summed E-state index contributed by atoms with van der Waals surface area (Å²) in [6.07, 6.45) is 3.92. The number of nitrogens with zero attached hydrogens (tertiary/aromatic N) is 4. The maximum Gasteiger partial charge on any atom is 0.227 e. The molecule has 2 amide bonds. The van der Waals surface area contributed by atoms with Crippen molar-refractivity contribution in [3.63, 3.8) is 0 Å². The summed E-state index contributed by atoms with van der Waals surface area (Å²) in [4.78, 5) is 30.8. The minimum absolute atomic E-state index is 0.0312. The molecule has 132 valence electrons. The van der Waals surface area contributed by atoms with Crippen LogP contribution in [0.4, 0.5) is 0 Å². The molecule has 0 spiro atoms. The summed E-state index contributed by atoms with van der Waals surface area (Å²) in [5.41, 5.74) is 0.927. The predicted octanol–water partition coefficient (Wildman–Crippen LogP) is 0.967. The Kier molecular flexibility index (Phi) is 5.50. The maximum absolute atomic E-state index is 12.8. The molecule has 0 unspecified atom stereocenters. The van der Waals surface area contributed by atoms with Gasteiger partial charge in [0.05, 0.1) is 11.6 Å². The van der Waals surface area contributed by atoms with Gasteiger partial charge in [-0.1, -0.05) is 12.1 Å². The van der Waals surface area contributed by atoms with Gasteiger partial charge in [-0.15, -0.1) is 0 Å². The van der Waals surface area contributed by atoms with E-state index >= 15 is 0 Å². The first kappa shape index (κ1) is 17.0. The molecule has 7 heteroatoms. The van der Waals surface area contributed by atoms with Crippen molar-refractivity contribution in [1.82, 2.24) is 19.9 Å². The van der Waals surface area contributed by atoms with Crippen LogP contribution in [-0.4, -0.2) is 70.9 Å². The lowest BCUT2D eigenvalue weighted by Gasteiger charge is -2.38. The lowest BCUT2D eigenvalue weighted by atomic mass is 9.96. The third-order valence-corrected chi connectivity index (χ3v) is 4.99. The van der Waals surface area contributed by atoms with Gasteiger partial charge >= 0.3 is 0 Å². The molecule has 3 heterocycles. The normalized spacial score (nSPS) is 22.6. The van der Waals surface area contributed by atoms with E-state index in [1.54, 1.807) is 6.26 Å². The van der Waals surface area contributed by atoms with E-state index in [0.29, 0.717) is 13.0 Å². The van der Waals surface area contributed by atoms with Crippen molar-refractivity contribution < 1.29 is 14.1 Å². The first-order valence-corrected chi connectivity index (χ1v) is 8.85. The molecule has 0 radical (unpaired) electrons. The Morgan fingerprint density at radius 1 is 1.21 bits per heavy atom. The van der Waals surface area contributed by atoms with E-state index in [-0.39, 0.29) is 17.7 Å². The highest BCUT2D eigenvalue weighted by Crippen LogP contribution is 2.20. The smallest absolute Gasteiger partial charge is 0.227 e. The van der Waals surface area contributed by atoms with Gasteiger partial charge < -0.3 is 14.3 Å². The number of piperidine rings is 1. The average molecular weight is 334 g/mol. The van der Waals surface area contributed by atoms with Crippen LogP contribution in [-0.2, 0) is 16.1 Å². The number of aromatic nitrogens is 1. The minimum atomic E-state index is -0.0312. The molecule has 1 aromatic rings. The Labute approximate surface area is 142 Å². The fourth-order valence-electron chi connectivity index (χ4n) is 3.56. The van der Waals surface area contributed by atoms with Crippen molar-refractivity contribution in [1.29, 1.82) is 0 Å². The summed E-state index contributed by atoms with van der Waals surface area (Å²) < 4.78 is 4.86. The summed E-state index contributed by atoms with van der Waals surface area (Å²) in [7, 11) is 0. The zero-order chi connectivity index (χ0) is 16.9. The summed E-state index contributed by atoms with van der Waals surface area (Å²) in [5, 5.41) is 3.94. The molecule has 0 bridgehead atoms. The van der Waals surface area contributed by atoms with Gasteiger partial charge in [-0.05, 0) is 12.8 Å². The monoisotopic (exact) mass is 334 g/mol. The van der Waals surface area contributed by atoms with E-state index in [4.69, 9.17) is 4.52 Å². The zero-order valence-corrected chi connectivity index (χ0v) is 14.3. The fraction of sp³-hybridized carbons (Fsp3) is 0.706. The molecule has 2 aliphatic rings. The van der Waals surface area contributed by atoms with Gasteiger partial charge in [-0.25, -0.2) is 0 Å². The van der Waals surface area contributed by atoms with Crippen LogP contribution in [0.1, 0.15) is 31.9 Å². The van der Waals surface area contributed by atoms with E-state index in [9.17, 15) is 9.59 Å². The second-order valence-electron chi connectivity index (χ2n) is 6.62. The molecule has 2 aliphatic heterocycles. The van der Waals surface area contributed by atoms with Crippen LogP contribution < -0.4 is 0 Å². The first-order valence-electron chi connectivity index (χ1n) is 8.85. The molecular formula is C17H26N4O3. The highest BCUT2D eigenvalue weighted by atomic mass is 16.5. The Morgan fingerprint density at radius 2 is 2.00 bits per heavy atom. The highest BCUT2D eigenvalue weighted by molar-refractivity contribution is 5.81. The van der Waals surface area contributed by atoms with Crippen molar-refractivity contribution in [2.75, 3.05) is 39.3 Å². The summed E-state index contributed by atoms with van der Waals surface area (Å²) >= 11 is 0.